The third-order valence-corrected chi connectivity index (χ3v) is 4.64. The van der Waals surface area contributed by atoms with Gasteiger partial charge in [0.25, 0.3) is 0 Å². The molecule has 0 saturated heterocycles. The molecular formula is C22H24N2O4. The zero-order valence-electron chi connectivity index (χ0n) is 17.0. The van der Waals surface area contributed by atoms with Gasteiger partial charge in [-0.05, 0) is 56.2 Å². The van der Waals surface area contributed by atoms with Crippen LogP contribution >= 0.6 is 0 Å². The Kier molecular flexibility index (Phi) is 5.68. The number of nitrogens with zero attached hydrogens (tertiary/aromatic N) is 2. The van der Waals surface area contributed by atoms with Crippen molar-refractivity contribution in [1.82, 2.24) is 4.98 Å². The number of rotatable bonds is 6. The van der Waals surface area contributed by atoms with Gasteiger partial charge in [-0.3, -0.25) is 4.98 Å². The third kappa shape index (κ3) is 3.71. The van der Waals surface area contributed by atoms with Crippen LogP contribution in [0.5, 0.6) is 23.0 Å². The third-order valence-electron chi connectivity index (χ3n) is 4.64. The number of aromatic nitrogens is 1. The lowest BCUT2D eigenvalue weighted by molar-refractivity contribution is 0.213. The zero-order valence-corrected chi connectivity index (χ0v) is 17.0. The Morgan fingerprint density at radius 3 is 2.21 bits per heavy atom. The van der Waals surface area contributed by atoms with E-state index in [0.29, 0.717) is 23.0 Å². The minimum atomic E-state index is 0.616. The number of oxime groups is 1. The van der Waals surface area contributed by atoms with Crippen LogP contribution in [0.15, 0.2) is 41.7 Å². The molecule has 0 spiro atoms. The standard InChI is InChI=1S/C22H24N2O4/c1-13-9-16(15(3)24-27-6)20(10-14(13)2)28-19-7-8-23-18-12-22(26-5)21(25-4)11-17(18)19/h7-12H,1-6H3. The van der Waals surface area contributed by atoms with E-state index in [1.165, 1.54) is 7.11 Å². The first-order valence-corrected chi connectivity index (χ1v) is 8.86. The highest BCUT2D eigenvalue weighted by Gasteiger charge is 2.15. The molecule has 0 bridgehead atoms. The summed E-state index contributed by atoms with van der Waals surface area (Å²) >= 11 is 0. The molecule has 0 aliphatic rings. The number of benzene rings is 2. The first-order valence-electron chi connectivity index (χ1n) is 8.86. The van der Waals surface area contributed by atoms with Crippen molar-refractivity contribution in [2.75, 3.05) is 21.3 Å². The van der Waals surface area contributed by atoms with E-state index in [0.717, 1.165) is 33.3 Å². The Balaban J connectivity index is 2.15. The fraction of sp³-hybridized carbons (Fsp3) is 0.273. The van der Waals surface area contributed by atoms with Gasteiger partial charge in [-0.1, -0.05) is 5.16 Å². The summed E-state index contributed by atoms with van der Waals surface area (Å²) in [5, 5.41) is 4.89. The molecule has 0 atom stereocenters. The van der Waals surface area contributed by atoms with Crippen molar-refractivity contribution in [2.45, 2.75) is 20.8 Å². The van der Waals surface area contributed by atoms with Crippen LogP contribution in [0.3, 0.4) is 0 Å². The van der Waals surface area contributed by atoms with Gasteiger partial charge in [0, 0.05) is 23.2 Å². The Labute approximate surface area is 164 Å². The topological polar surface area (TPSA) is 62.2 Å². The first kappa shape index (κ1) is 19.5. The van der Waals surface area contributed by atoms with Gasteiger partial charge in [0.1, 0.15) is 18.6 Å². The summed E-state index contributed by atoms with van der Waals surface area (Å²) in [6.45, 7) is 5.99. The molecule has 0 N–H and O–H groups in total. The fourth-order valence-corrected chi connectivity index (χ4v) is 3.00. The maximum absolute atomic E-state index is 6.33. The summed E-state index contributed by atoms with van der Waals surface area (Å²) in [6, 6.07) is 9.59. The maximum atomic E-state index is 6.33. The molecule has 6 nitrogen and oxygen atoms in total. The van der Waals surface area contributed by atoms with Crippen molar-refractivity contribution >= 4 is 16.6 Å². The lowest BCUT2D eigenvalue weighted by atomic mass is 10.0. The maximum Gasteiger partial charge on any atom is 0.162 e. The van der Waals surface area contributed by atoms with Crippen molar-refractivity contribution in [3.63, 3.8) is 0 Å². The Hall–Kier alpha value is -3.28. The molecule has 0 radical (unpaired) electrons. The largest absolute Gasteiger partial charge is 0.493 e. The van der Waals surface area contributed by atoms with Gasteiger partial charge < -0.3 is 19.0 Å². The first-order chi connectivity index (χ1) is 13.5. The van der Waals surface area contributed by atoms with Crippen LogP contribution in [-0.2, 0) is 4.84 Å². The lowest BCUT2D eigenvalue weighted by Gasteiger charge is -2.16. The summed E-state index contributed by atoms with van der Waals surface area (Å²) in [4.78, 5) is 9.38. The van der Waals surface area contributed by atoms with Crippen LogP contribution in [0, 0.1) is 13.8 Å². The van der Waals surface area contributed by atoms with E-state index in [9.17, 15) is 0 Å². The SMILES string of the molecule is CON=C(C)c1cc(C)c(C)cc1Oc1ccnc2cc(OC)c(OC)cc12. The molecule has 1 heterocycles. The number of hydrogen-bond acceptors (Lipinski definition) is 6. The Morgan fingerprint density at radius 1 is 0.857 bits per heavy atom. The molecule has 3 aromatic rings. The van der Waals surface area contributed by atoms with Crippen molar-refractivity contribution < 1.29 is 19.0 Å². The highest BCUT2D eigenvalue weighted by molar-refractivity contribution is 6.01. The molecule has 1 aromatic heterocycles. The highest BCUT2D eigenvalue weighted by Crippen LogP contribution is 2.38. The quantitative estimate of drug-likeness (QED) is 0.443. The predicted octanol–water partition coefficient (Wildman–Crippen LogP) is 5.03. The van der Waals surface area contributed by atoms with Crippen LogP contribution < -0.4 is 14.2 Å². The van der Waals surface area contributed by atoms with E-state index in [-0.39, 0.29) is 0 Å². The number of aryl methyl sites for hydroxylation is 2. The minimum absolute atomic E-state index is 0.616. The smallest absolute Gasteiger partial charge is 0.162 e. The second-order valence-corrected chi connectivity index (χ2v) is 6.43. The number of hydrogen-bond donors (Lipinski definition) is 0. The number of fused-ring (bicyclic) bond motifs is 1. The normalized spacial score (nSPS) is 11.4. The summed E-state index contributed by atoms with van der Waals surface area (Å²) in [5.41, 5.74) is 4.64. The highest BCUT2D eigenvalue weighted by atomic mass is 16.6. The lowest BCUT2D eigenvalue weighted by Crippen LogP contribution is -2.02. The molecule has 3 rings (SSSR count). The van der Waals surface area contributed by atoms with Crippen LogP contribution in [-0.4, -0.2) is 32.0 Å². The molecule has 0 aliphatic heterocycles. The molecule has 0 unspecified atom stereocenters. The number of methoxy groups -OCH3 is 2. The molecule has 0 saturated carbocycles. The van der Waals surface area contributed by atoms with E-state index in [1.54, 1.807) is 20.4 Å². The van der Waals surface area contributed by atoms with Gasteiger partial charge in [-0.15, -0.1) is 0 Å². The van der Waals surface area contributed by atoms with E-state index in [4.69, 9.17) is 19.0 Å². The van der Waals surface area contributed by atoms with Gasteiger partial charge in [0.05, 0.1) is 25.4 Å². The molecule has 2 aromatic carbocycles. The molecule has 28 heavy (non-hydrogen) atoms. The van der Waals surface area contributed by atoms with Crippen LogP contribution in [0.25, 0.3) is 10.9 Å². The van der Waals surface area contributed by atoms with E-state index < -0.39 is 0 Å². The van der Waals surface area contributed by atoms with Gasteiger partial charge in [-0.2, -0.15) is 0 Å². The number of pyridine rings is 1. The summed E-state index contributed by atoms with van der Waals surface area (Å²) in [5.74, 6) is 2.60. The summed E-state index contributed by atoms with van der Waals surface area (Å²) < 4.78 is 17.1. The summed E-state index contributed by atoms with van der Waals surface area (Å²) in [6.07, 6.45) is 1.71. The zero-order chi connectivity index (χ0) is 20.3. The van der Waals surface area contributed by atoms with Gasteiger partial charge in [0.2, 0.25) is 0 Å². The second-order valence-electron chi connectivity index (χ2n) is 6.43. The van der Waals surface area contributed by atoms with E-state index in [1.807, 2.05) is 38.1 Å². The van der Waals surface area contributed by atoms with Crippen LogP contribution in [0.1, 0.15) is 23.6 Å². The van der Waals surface area contributed by atoms with Crippen molar-refractivity contribution in [2.24, 2.45) is 5.16 Å². The van der Waals surface area contributed by atoms with Crippen LogP contribution in [0.2, 0.25) is 0 Å². The summed E-state index contributed by atoms with van der Waals surface area (Å²) in [7, 11) is 4.73. The second kappa shape index (κ2) is 8.17. The molecule has 6 heteroatoms. The van der Waals surface area contributed by atoms with Gasteiger partial charge in [0.15, 0.2) is 11.5 Å². The molecule has 0 fully saturated rings. The monoisotopic (exact) mass is 380 g/mol. The van der Waals surface area contributed by atoms with Crippen molar-refractivity contribution in [3.8, 4) is 23.0 Å². The average Bonchev–Trinajstić information content (AvgIpc) is 2.69. The Morgan fingerprint density at radius 2 is 1.54 bits per heavy atom. The average molecular weight is 380 g/mol. The van der Waals surface area contributed by atoms with E-state index >= 15 is 0 Å². The Bertz CT molecular complexity index is 1040. The number of ether oxygens (including phenoxy) is 3. The molecule has 146 valence electrons. The molecule has 0 amide bonds. The van der Waals surface area contributed by atoms with Crippen LogP contribution in [0.4, 0.5) is 0 Å². The molecule has 0 aliphatic carbocycles. The van der Waals surface area contributed by atoms with E-state index in [2.05, 4.69) is 23.1 Å². The van der Waals surface area contributed by atoms with Crippen molar-refractivity contribution in [3.05, 3.63) is 53.2 Å². The van der Waals surface area contributed by atoms with Gasteiger partial charge >= 0.3 is 0 Å². The fourth-order valence-electron chi connectivity index (χ4n) is 3.00. The molecular weight excluding hydrogens is 356 g/mol. The van der Waals surface area contributed by atoms with Gasteiger partial charge in [-0.25, -0.2) is 0 Å². The van der Waals surface area contributed by atoms with Crippen molar-refractivity contribution in [1.29, 1.82) is 0 Å². The minimum Gasteiger partial charge on any atom is -0.493 e. The predicted molar refractivity (Wildman–Crippen MR) is 110 cm³/mol.